The van der Waals surface area contributed by atoms with Crippen molar-refractivity contribution in [3.8, 4) is 11.5 Å². The van der Waals surface area contributed by atoms with Crippen LogP contribution >= 0.6 is 0 Å². The molecule has 0 saturated carbocycles. The third-order valence-corrected chi connectivity index (χ3v) is 3.01. The van der Waals surface area contributed by atoms with E-state index >= 15 is 0 Å². The van der Waals surface area contributed by atoms with Gasteiger partial charge in [-0.1, -0.05) is 24.3 Å². The Balaban J connectivity index is 2.40. The van der Waals surface area contributed by atoms with Gasteiger partial charge < -0.3 is 19.7 Å². The molecule has 20 heavy (non-hydrogen) atoms. The van der Waals surface area contributed by atoms with Gasteiger partial charge in [-0.3, -0.25) is 0 Å². The van der Waals surface area contributed by atoms with E-state index in [0.717, 1.165) is 10.8 Å². The molecule has 4 heteroatoms. The van der Waals surface area contributed by atoms with Crippen molar-refractivity contribution in [1.29, 1.82) is 0 Å². The van der Waals surface area contributed by atoms with Crippen LogP contribution in [-0.2, 0) is 0 Å². The minimum atomic E-state index is -0.262. The van der Waals surface area contributed by atoms with Crippen LogP contribution in [0.3, 0.4) is 0 Å². The Bertz CT molecular complexity index is 516. The lowest BCUT2D eigenvalue weighted by Crippen LogP contribution is -2.17. The topological polar surface area (TPSA) is 58.9 Å². The fourth-order valence-corrected chi connectivity index (χ4v) is 1.97. The monoisotopic (exact) mass is 276 g/mol. The summed E-state index contributed by atoms with van der Waals surface area (Å²) < 4.78 is 11.4. The molecule has 4 nitrogen and oxygen atoms in total. The van der Waals surface area contributed by atoms with E-state index in [1.807, 2.05) is 50.2 Å². The minimum absolute atomic E-state index is 0.0336. The van der Waals surface area contributed by atoms with E-state index in [2.05, 4.69) is 0 Å². The molecule has 2 unspecified atom stereocenters. The van der Waals surface area contributed by atoms with E-state index in [-0.39, 0.29) is 25.4 Å². The Morgan fingerprint density at radius 3 is 1.55 bits per heavy atom. The zero-order chi connectivity index (χ0) is 14.5. The summed E-state index contributed by atoms with van der Waals surface area (Å²) in [6.45, 7) is 3.56. The molecular weight excluding hydrogens is 256 g/mol. The molecule has 0 fully saturated rings. The van der Waals surface area contributed by atoms with Gasteiger partial charge in [0, 0.05) is 10.8 Å². The van der Waals surface area contributed by atoms with Crippen LogP contribution in [0.25, 0.3) is 10.8 Å². The fraction of sp³-hybridized carbons (Fsp3) is 0.375. The molecular formula is C16H20O4. The maximum atomic E-state index is 9.10. The van der Waals surface area contributed by atoms with Crippen LogP contribution in [0.4, 0.5) is 0 Å². The van der Waals surface area contributed by atoms with Gasteiger partial charge in [0.15, 0.2) is 0 Å². The van der Waals surface area contributed by atoms with E-state index in [4.69, 9.17) is 19.7 Å². The van der Waals surface area contributed by atoms with Crippen molar-refractivity contribution in [2.75, 3.05) is 13.2 Å². The van der Waals surface area contributed by atoms with Crippen LogP contribution in [0.2, 0.25) is 0 Å². The molecule has 0 aromatic heterocycles. The summed E-state index contributed by atoms with van der Waals surface area (Å²) in [7, 11) is 0. The molecule has 2 aromatic carbocycles. The first-order valence-electron chi connectivity index (χ1n) is 6.72. The molecule has 2 atom stereocenters. The van der Waals surface area contributed by atoms with E-state index in [1.165, 1.54) is 0 Å². The lowest BCUT2D eigenvalue weighted by Gasteiger charge is -2.17. The maximum Gasteiger partial charge on any atom is 0.127 e. The first kappa shape index (κ1) is 14.6. The van der Waals surface area contributed by atoms with Crippen LogP contribution in [0, 0.1) is 0 Å². The Kier molecular flexibility index (Phi) is 4.82. The molecule has 0 spiro atoms. The number of fused-ring (bicyclic) bond motifs is 1. The quantitative estimate of drug-likeness (QED) is 0.850. The van der Waals surface area contributed by atoms with Gasteiger partial charge in [0.05, 0.1) is 13.2 Å². The predicted octanol–water partition coefficient (Wildman–Crippen LogP) is 2.36. The number of aliphatic hydroxyl groups is 2. The van der Waals surface area contributed by atoms with Crippen molar-refractivity contribution in [3.05, 3.63) is 36.4 Å². The summed E-state index contributed by atoms with van der Waals surface area (Å²) in [4.78, 5) is 0. The molecule has 0 amide bonds. The van der Waals surface area contributed by atoms with Crippen LogP contribution < -0.4 is 9.47 Å². The second-order valence-electron chi connectivity index (χ2n) is 4.83. The molecule has 2 aromatic rings. The van der Waals surface area contributed by atoms with E-state index in [9.17, 15) is 0 Å². The molecule has 0 aliphatic carbocycles. The molecule has 0 saturated heterocycles. The first-order chi connectivity index (χ1) is 9.65. The van der Waals surface area contributed by atoms with E-state index in [1.54, 1.807) is 0 Å². The molecule has 0 bridgehead atoms. The van der Waals surface area contributed by atoms with Crippen molar-refractivity contribution >= 4 is 10.8 Å². The predicted molar refractivity (Wildman–Crippen MR) is 78.3 cm³/mol. The fourth-order valence-electron chi connectivity index (χ4n) is 1.97. The normalized spacial score (nSPS) is 14.0. The van der Waals surface area contributed by atoms with Gasteiger partial charge in [-0.25, -0.2) is 0 Å². The van der Waals surface area contributed by atoms with Crippen molar-refractivity contribution in [3.63, 3.8) is 0 Å². The molecule has 2 N–H and O–H groups in total. The third kappa shape index (κ3) is 3.21. The highest BCUT2D eigenvalue weighted by Crippen LogP contribution is 2.33. The van der Waals surface area contributed by atoms with Gasteiger partial charge in [0.1, 0.15) is 23.7 Å². The van der Waals surface area contributed by atoms with Gasteiger partial charge >= 0.3 is 0 Å². The van der Waals surface area contributed by atoms with Crippen molar-refractivity contribution in [1.82, 2.24) is 0 Å². The lowest BCUT2D eigenvalue weighted by atomic mass is 10.1. The average Bonchev–Trinajstić information content (AvgIpc) is 2.47. The largest absolute Gasteiger partial charge is 0.488 e. The zero-order valence-electron chi connectivity index (χ0n) is 11.7. The van der Waals surface area contributed by atoms with Crippen LogP contribution in [-0.4, -0.2) is 35.6 Å². The zero-order valence-corrected chi connectivity index (χ0v) is 11.7. The number of hydrogen-bond acceptors (Lipinski definition) is 4. The highest BCUT2D eigenvalue weighted by Gasteiger charge is 2.11. The smallest absolute Gasteiger partial charge is 0.127 e. The van der Waals surface area contributed by atoms with Gasteiger partial charge in [-0.15, -0.1) is 0 Å². The van der Waals surface area contributed by atoms with Gasteiger partial charge in [0.25, 0.3) is 0 Å². The SMILES string of the molecule is CC(CO)Oc1cccc2c(OC(C)CO)cccc12. The molecule has 0 radical (unpaired) electrons. The molecule has 0 aliphatic rings. The summed E-state index contributed by atoms with van der Waals surface area (Å²) in [6.07, 6.45) is -0.525. The van der Waals surface area contributed by atoms with E-state index < -0.39 is 0 Å². The van der Waals surface area contributed by atoms with Crippen molar-refractivity contribution in [2.24, 2.45) is 0 Å². The molecule has 108 valence electrons. The summed E-state index contributed by atoms with van der Waals surface area (Å²) >= 11 is 0. The molecule has 0 aliphatic heterocycles. The van der Waals surface area contributed by atoms with Gasteiger partial charge in [-0.05, 0) is 26.0 Å². The van der Waals surface area contributed by atoms with Crippen LogP contribution in [0.1, 0.15) is 13.8 Å². The standard InChI is InChI=1S/C16H20O4/c1-11(9-17)19-15-7-3-6-14-13(15)5-4-8-16(14)20-12(2)10-18/h3-8,11-12,17-18H,9-10H2,1-2H3. The van der Waals surface area contributed by atoms with Crippen LogP contribution in [0.15, 0.2) is 36.4 Å². The third-order valence-electron chi connectivity index (χ3n) is 3.01. The highest BCUT2D eigenvalue weighted by molar-refractivity contribution is 5.93. The van der Waals surface area contributed by atoms with Gasteiger partial charge in [-0.2, -0.15) is 0 Å². The Labute approximate surface area is 118 Å². The average molecular weight is 276 g/mol. The number of aliphatic hydroxyl groups excluding tert-OH is 2. The van der Waals surface area contributed by atoms with E-state index in [0.29, 0.717) is 11.5 Å². The van der Waals surface area contributed by atoms with Crippen LogP contribution in [0.5, 0.6) is 11.5 Å². The Morgan fingerprint density at radius 2 is 1.20 bits per heavy atom. The summed E-state index contributed by atoms with van der Waals surface area (Å²) in [5.74, 6) is 1.43. The summed E-state index contributed by atoms with van der Waals surface area (Å²) in [5.41, 5.74) is 0. The first-order valence-corrected chi connectivity index (χ1v) is 6.72. The Hall–Kier alpha value is -1.78. The highest BCUT2D eigenvalue weighted by atomic mass is 16.5. The minimum Gasteiger partial charge on any atom is -0.488 e. The van der Waals surface area contributed by atoms with Crippen molar-refractivity contribution < 1.29 is 19.7 Å². The van der Waals surface area contributed by atoms with Crippen molar-refractivity contribution in [2.45, 2.75) is 26.1 Å². The second-order valence-corrected chi connectivity index (χ2v) is 4.83. The second kappa shape index (κ2) is 6.59. The number of hydrogen-bond donors (Lipinski definition) is 2. The summed E-state index contributed by atoms with van der Waals surface area (Å²) in [5, 5.41) is 20.0. The molecule has 0 heterocycles. The molecule has 2 rings (SSSR count). The summed E-state index contributed by atoms with van der Waals surface area (Å²) in [6, 6.07) is 11.4. The number of rotatable bonds is 6. The number of benzene rings is 2. The Morgan fingerprint density at radius 1 is 0.800 bits per heavy atom. The lowest BCUT2D eigenvalue weighted by molar-refractivity contribution is 0.130. The van der Waals surface area contributed by atoms with Gasteiger partial charge in [0.2, 0.25) is 0 Å². The maximum absolute atomic E-state index is 9.10. The number of ether oxygens (including phenoxy) is 2.